The van der Waals surface area contributed by atoms with E-state index in [1.165, 1.54) is 4.90 Å². The molecule has 21 heavy (non-hydrogen) atoms. The summed E-state index contributed by atoms with van der Waals surface area (Å²) in [5, 5.41) is 2.99. The van der Waals surface area contributed by atoms with Crippen molar-refractivity contribution in [2.24, 2.45) is 5.92 Å². The minimum Gasteiger partial charge on any atom is -0.323 e. The Morgan fingerprint density at radius 2 is 2.14 bits per heavy atom. The van der Waals surface area contributed by atoms with Gasteiger partial charge in [-0.1, -0.05) is 49.6 Å². The van der Waals surface area contributed by atoms with Gasteiger partial charge in [-0.25, -0.2) is 4.79 Å². The third kappa shape index (κ3) is 2.33. The van der Waals surface area contributed by atoms with Gasteiger partial charge in [-0.05, 0) is 31.2 Å². The number of carbonyl (C=O) groups is 2. The summed E-state index contributed by atoms with van der Waals surface area (Å²) in [5.41, 5.74) is 1.48. The smallest absolute Gasteiger partial charge is 0.323 e. The van der Waals surface area contributed by atoms with Gasteiger partial charge in [-0.15, -0.1) is 0 Å². The van der Waals surface area contributed by atoms with Gasteiger partial charge in [0.2, 0.25) is 0 Å². The Labute approximate surface area is 125 Å². The molecule has 2 fully saturated rings. The first kappa shape index (κ1) is 14.1. The molecule has 112 valence electrons. The summed E-state index contributed by atoms with van der Waals surface area (Å²) in [5.74, 6) is 0.173. The zero-order chi connectivity index (χ0) is 15.0. The second-order valence-corrected chi connectivity index (χ2v) is 6.43. The largest absolute Gasteiger partial charge is 0.325 e. The zero-order valence-electron chi connectivity index (χ0n) is 12.7. The van der Waals surface area contributed by atoms with E-state index >= 15 is 0 Å². The molecule has 1 saturated heterocycles. The minimum atomic E-state index is -0.654. The third-order valence-corrected chi connectivity index (χ3v) is 4.92. The summed E-state index contributed by atoms with van der Waals surface area (Å²) in [6.07, 6.45) is 3.92. The fourth-order valence-corrected chi connectivity index (χ4v) is 3.63. The van der Waals surface area contributed by atoms with Crippen LogP contribution in [0.2, 0.25) is 0 Å². The molecule has 1 aromatic carbocycles. The Bertz CT molecular complexity index is 584. The van der Waals surface area contributed by atoms with Crippen molar-refractivity contribution in [1.29, 1.82) is 0 Å². The van der Waals surface area contributed by atoms with Crippen molar-refractivity contribution in [3.63, 3.8) is 0 Å². The number of nitrogens with one attached hydrogen (secondary N) is 1. The highest BCUT2D eigenvalue weighted by Gasteiger charge is 2.54. The molecule has 0 aromatic heterocycles. The van der Waals surface area contributed by atoms with Gasteiger partial charge in [0.05, 0.1) is 6.54 Å². The Balaban J connectivity index is 1.84. The van der Waals surface area contributed by atoms with Gasteiger partial charge in [0.15, 0.2) is 0 Å². The summed E-state index contributed by atoms with van der Waals surface area (Å²) in [7, 11) is 0. The molecule has 3 amide bonds. The Morgan fingerprint density at radius 3 is 2.86 bits per heavy atom. The lowest BCUT2D eigenvalue weighted by Gasteiger charge is -2.36. The molecular weight excluding hydrogens is 264 g/mol. The average Bonchev–Trinajstić information content (AvgIpc) is 2.68. The molecule has 2 aliphatic rings. The first-order valence-corrected chi connectivity index (χ1v) is 7.72. The van der Waals surface area contributed by atoms with E-state index in [-0.39, 0.29) is 17.9 Å². The van der Waals surface area contributed by atoms with E-state index in [1.54, 1.807) is 0 Å². The van der Waals surface area contributed by atoms with E-state index in [4.69, 9.17) is 0 Å². The SMILES string of the molecule is Cc1cccc(CN2C(=O)N[C@]3(CCCC[C@@H]3C)C2=O)c1. The van der Waals surface area contributed by atoms with Crippen LogP contribution in [0.15, 0.2) is 24.3 Å². The molecule has 1 saturated carbocycles. The number of benzene rings is 1. The van der Waals surface area contributed by atoms with Crippen LogP contribution in [0.3, 0.4) is 0 Å². The first-order chi connectivity index (χ1) is 10.0. The zero-order valence-corrected chi connectivity index (χ0v) is 12.7. The maximum atomic E-state index is 12.8. The standard InChI is InChI=1S/C17H22N2O2/c1-12-6-5-8-14(10-12)11-19-15(20)17(18-16(19)21)9-4-3-7-13(17)2/h5-6,8,10,13H,3-4,7,9,11H2,1-2H3,(H,18,21)/t13-,17-/m0/s1. The van der Waals surface area contributed by atoms with Crippen LogP contribution in [0.5, 0.6) is 0 Å². The van der Waals surface area contributed by atoms with Crippen LogP contribution >= 0.6 is 0 Å². The van der Waals surface area contributed by atoms with Crippen LogP contribution < -0.4 is 5.32 Å². The van der Waals surface area contributed by atoms with Crippen molar-refractivity contribution in [3.05, 3.63) is 35.4 Å². The predicted molar refractivity (Wildman–Crippen MR) is 80.6 cm³/mol. The second-order valence-electron chi connectivity index (χ2n) is 6.43. The summed E-state index contributed by atoms with van der Waals surface area (Å²) in [6, 6.07) is 7.72. The Kier molecular flexibility index (Phi) is 3.47. The lowest BCUT2D eigenvalue weighted by molar-refractivity contribution is -0.134. The maximum absolute atomic E-state index is 12.8. The molecule has 0 unspecified atom stereocenters. The van der Waals surface area contributed by atoms with Crippen LogP contribution in [0, 0.1) is 12.8 Å². The molecule has 1 aliphatic heterocycles. The molecule has 0 radical (unpaired) electrons. The number of rotatable bonds is 2. The van der Waals surface area contributed by atoms with E-state index in [1.807, 2.05) is 31.2 Å². The number of carbonyl (C=O) groups excluding carboxylic acids is 2. The van der Waals surface area contributed by atoms with Gasteiger partial charge in [0, 0.05) is 0 Å². The molecule has 4 heteroatoms. The number of urea groups is 1. The minimum absolute atomic E-state index is 0.0405. The molecule has 1 N–H and O–H groups in total. The monoisotopic (exact) mass is 286 g/mol. The van der Waals surface area contributed by atoms with Crippen LogP contribution in [-0.2, 0) is 11.3 Å². The molecule has 1 heterocycles. The second kappa shape index (κ2) is 5.17. The Morgan fingerprint density at radius 1 is 1.33 bits per heavy atom. The van der Waals surface area contributed by atoms with Gasteiger partial charge in [0.25, 0.3) is 5.91 Å². The maximum Gasteiger partial charge on any atom is 0.325 e. The van der Waals surface area contributed by atoms with Crippen molar-refractivity contribution < 1.29 is 9.59 Å². The summed E-state index contributed by atoms with van der Waals surface area (Å²) >= 11 is 0. The van der Waals surface area contributed by atoms with Gasteiger partial charge < -0.3 is 5.32 Å². The molecule has 1 spiro atoms. The van der Waals surface area contributed by atoms with Crippen molar-refractivity contribution in [1.82, 2.24) is 10.2 Å². The van der Waals surface area contributed by atoms with Crippen molar-refractivity contribution in [2.75, 3.05) is 0 Å². The molecule has 4 nitrogen and oxygen atoms in total. The van der Waals surface area contributed by atoms with Crippen LogP contribution in [0.4, 0.5) is 4.79 Å². The van der Waals surface area contributed by atoms with Crippen molar-refractivity contribution in [3.8, 4) is 0 Å². The molecule has 1 aromatic rings. The quantitative estimate of drug-likeness (QED) is 0.850. The highest BCUT2D eigenvalue weighted by atomic mass is 16.2. The van der Waals surface area contributed by atoms with Gasteiger partial charge in [-0.2, -0.15) is 0 Å². The van der Waals surface area contributed by atoms with Gasteiger partial charge in [0.1, 0.15) is 5.54 Å². The normalized spacial score (nSPS) is 29.0. The van der Waals surface area contributed by atoms with Gasteiger partial charge >= 0.3 is 6.03 Å². The highest BCUT2D eigenvalue weighted by molar-refractivity contribution is 6.07. The molecule has 3 rings (SSSR count). The van der Waals surface area contributed by atoms with Gasteiger partial charge in [-0.3, -0.25) is 9.69 Å². The van der Waals surface area contributed by atoms with Crippen molar-refractivity contribution in [2.45, 2.75) is 51.6 Å². The lowest BCUT2D eigenvalue weighted by atomic mass is 9.73. The van der Waals surface area contributed by atoms with Crippen molar-refractivity contribution >= 4 is 11.9 Å². The lowest BCUT2D eigenvalue weighted by Crippen LogP contribution is -2.53. The van der Waals surface area contributed by atoms with E-state index in [9.17, 15) is 9.59 Å². The summed E-state index contributed by atoms with van der Waals surface area (Å²) in [6.45, 7) is 4.45. The highest BCUT2D eigenvalue weighted by Crippen LogP contribution is 2.38. The molecule has 1 aliphatic carbocycles. The predicted octanol–water partition coefficient (Wildman–Crippen LogP) is 3.00. The van der Waals surface area contributed by atoms with E-state index in [2.05, 4.69) is 12.2 Å². The van der Waals surface area contributed by atoms with Crippen LogP contribution in [0.1, 0.15) is 43.7 Å². The van der Waals surface area contributed by atoms with E-state index < -0.39 is 5.54 Å². The molecule has 2 atom stereocenters. The van der Waals surface area contributed by atoms with Crippen LogP contribution in [-0.4, -0.2) is 22.4 Å². The average molecular weight is 286 g/mol. The number of hydrogen-bond acceptors (Lipinski definition) is 2. The number of imide groups is 1. The molecule has 0 bridgehead atoms. The Hall–Kier alpha value is -1.84. The van der Waals surface area contributed by atoms with E-state index in [0.717, 1.165) is 36.8 Å². The third-order valence-electron chi connectivity index (χ3n) is 4.92. The fourth-order valence-electron chi connectivity index (χ4n) is 3.63. The fraction of sp³-hybridized carbons (Fsp3) is 0.529. The summed E-state index contributed by atoms with van der Waals surface area (Å²) < 4.78 is 0. The number of hydrogen-bond donors (Lipinski definition) is 1. The first-order valence-electron chi connectivity index (χ1n) is 7.72. The van der Waals surface area contributed by atoms with Crippen LogP contribution in [0.25, 0.3) is 0 Å². The summed E-state index contributed by atoms with van der Waals surface area (Å²) in [4.78, 5) is 26.5. The topological polar surface area (TPSA) is 49.4 Å². The number of aryl methyl sites for hydroxylation is 1. The van der Waals surface area contributed by atoms with E-state index in [0.29, 0.717) is 6.54 Å². The number of amides is 3. The number of nitrogens with zero attached hydrogens (tertiary/aromatic N) is 1. The molecular formula is C17H22N2O2.